The molecule has 4 rings (SSSR count). The van der Waals surface area contributed by atoms with Gasteiger partial charge in [-0.2, -0.15) is 5.10 Å². The summed E-state index contributed by atoms with van der Waals surface area (Å²) >= 11 is 0. The standard InChI is InChI=1S/C22H26N6O/c1-16-6-3-4-9-19(16)20-14-28(10-11-29-20)22(23-2)24-13-17-7-5-8-18(12-17)21-25-15-26-27-21/h3-9,12,15,20H,10-11,13-14H2,1-2H3,(H,23,24)(H,25,26,27). The van der Waals surface area contributed by atoms with Crippen molar-refractivity contribution in [1.82, 2.24) is 25.4 Å². The number of morpholine rings is 1. The normalized spacial score (nSPS) is 17.4. The van der Waals surface area contributed by atoms with Crippen molar-refractivity contribution in [1.29, 1.82) is 0 Å². The van der Waals surface area contributed by atoms with Crippen LogP contribution in [0.5, 0.6) is 0 Å². The van der Waals surface area contributed by atoms with E-state index in [0.29, 0.717) is 13.2 Å². The van der Waals surface area contributed by atoms with Crippen molar-refractivity contribution in [3.8, 4) is 11.4 Å². The lowest BCUT2D eigenvalue weighted by atomic mass is 10.0. The van der Waals surface area contributed by atoms with Crippen LogP contribution < -0.4 is 5.32 Å². The maximum atomic E-state index is 6.05. The molecule has 1 unspecified atom stereocenters. The highest BCUT2D eigenvalue weighted by Crippen LogP contribution is 2.25. The van der Waals surface area contributed by atoms with Gasteiger partial charge in [-0.1, -0.05) is 42.5 Å². The summed E-state index contributed by atoms with van der Waals surface area (Å²) in [5, 5.41) is 10.3. The maximum absolute atomic E-state index is 6.05. The number of rotatable bonds is 4. The summed E-state index contributed by atoms with van der Waals surface area (Å²) in [7, 11) is 1.82. The SMILES string of the molecule is CN=C(NCc1cccc(-c2ncn[nH]2)c1)N1CCOC(c2ccccc2C)C1. The fourth-order valence-electron chi connectivity index (χ4n) is 3.66. The first kappa shape index (κ1) is 19.1. The van der Waals surface area contributed by atoms with Gasteiger partial charge in [0, 0.05) is 25.7 Å². The van der Waals surface area contributed by atoms with Crippen molar-refractivity contribution in [3.63, 3.8) is 0 Å². The van der Waals surface area contributed by atoms with Crippen LogP contribution in [0.25, 0.3) is 11.4 Å². The summed E-state index contributed by atoms with van der Waals surface area (Å²) in [6.45, 7) is 5.09. The van der Waals surface area contributed by atoms with E-state index in [9.17, 15) is 0 Å². The summed E-state index contributed by atoms with van der Waals surface area (Å²) in [6, 6.07) is 16.7. The molecule has 1 aliphatic heterocycles. The van der Waals surface area contributed by atoms with Crippen molar-refractivity contribution in [2.45, 2.75) is 19.6 Å². The van der Waals surface area contributed by atoms with Crippen LogP contribution in [0.1, 0.15) is 22.8 Å². The minimum absolute atomic E-state index is 0.0540. The van der Waals surface area contributed by atoms with Crippen LogP contribution in [0.2, 0.25) is 0 Å². The van der Waals surface area contributed by atoms with E-state index in [1.54, 1.807) is 0 Å². The molecular weight excluding hydrogens is 364 g/mol. The van der Waals surface area contributed by atoms with Gasteiger partial charge in [0.1, 0.15) is 12.4 Å². The summed E-state index contributed by atoms with van der Waals surface area (Å²) in [5.74, 6) is 1.66. The summed E-state index contributed by atoms with van der Waals surface area (Å²) < 4.78 is 6.05. The van der Waals surface area contributed by atoms with Crippen molar-refractivity contribution in [2.75, 3.05) is 26.7 Å². The molecule has 7 heteroatoms. The van der Waals surface area contributed by atoms with Gasteiger partial charge in [-0.15, -0.1) is 0 Å². The van der Waals surface area contributed by atoms with Crippen molar-refractivity contribution in [2.24, 2.45) is 4.99 Å². The van der Waals surface area contributed by atoms with E-state index in [2.05, 4.69) is 73.7 Å². The molecule has 29 heavy (non-hydrogen) atoms. The van der Waals surface area contributed by atoms with Gasteiger partial charge < -0.3 is 15.0 Å². The first-order chi connectivity index (χ1) is 14.2. The van der Waals surface area contributed by atoms with Crippen LogP contribution in [-0.2, 0) is 11.3 Å². The van der Waals surface area contributed by atoms with Crippen LogP contribution in [0.15, 0.2) is 59.9 Å². The molecular formula is C22H26N6O. The Morgan fingerprint density at radius 1 is 1.28 bits per heavy atom. The molecule has 1 saturated heterocycles. The Morgan fingerprint density at radius 2 is 2.17 bits per heavy atom. The summed E-state index contributed by atoms with van der Waals surface area (Å²) in [6.07, 6.45) is 1.57. The monoisotopic (exact) mass is 390 g/mol. The molecule has 0 bridgehead atoms. The first-order valence-corrected chi connectivity index (χ1v) is 9.82. The van der Waals surface area contributed by atoms with Gasteiger partial charge >= 0.3 is 0 Å². The predicted octanol–water partition coefficient (Wildman–Crippen LogP) is 2.93. The van der Waals surface area contributed by atoms with E-state index in [-0.39, 0.29) is 6.10 Å². The minimum atomic E-state index is 0.0540. The van der Waals surface area contributed by atoms with E-state index >= 15 is 0 Å². The zero-order valence-electron chi connectivity index (χ0n) is 16.8. The fourth-order valence-corrected chi connectivity index (χ4v) is 3.66. The van der Waals surface area contributed by atoms with E-state index in [4.69, 9.17) is 4.74 Å². The average molecular weight is 390 g/mol. The Balaban J connectivity index is 1.42. The molecule has 0 spiro atoms. The van der Waals surface area contributed by atoms with Gasteiger partial charge in [-0.05, 0) is 29.7 Å². The molecule has 0 radical (unpaired) electrons. The third-order valence-electron chi connectivity index (χ3n) is 5.18. The molecule has 2 aromatic carbocycles. The van der Waals surface area contributed by atoms with Gasteiger partial charge in [-0.25, -0.2) is 4.98 Å². The lowest BCUT2D eigenvalue weighted by molar-refractivity contribution is -0.00833. The van der Waals surface area contributed by atoms with E-state index in [0.717, 1.165) is 36.0 Å². The maximum Gasteiger partial charge on any atom is 0.194 e. The van der Waals surface area contributed by atoms with Gasteiger partial charge in [-0.3, -0.25) is 10.1 Å². The Labute approximate surface area is 170 Å². The van der Waals surface area contributed by atoms with Gasteiger partial charge in [0.05, 0.1) is 13.2 Å². The van der Waals surface area contributed by atoms with Crippen LogP contribution in [-0.4, -0.2) is 52.8 Å². The number of aliphatic imine (C=N–C) groups is 1. The third-order valence-corrected chi connectivity index (χ3v) is 5.18. The number of guanidine groups is 1. The Morgan fingerprint density at radius 3 is 2.97 bits per heavy atom. The Kier molecular flexibility index (Phi) is 5.86. The first-order valence-electron chi connectivity index (χ1n) is 9.82. The highest BCUT2D eigenvalue weighted by Gasteiger charge is 2.25. The predicted molar refractivity (Wildman–Crippen MR) is 113 cm³/mol. The number of H-pyrrole nitrogens is 1. The zero-order chi connectivity index (χ0) is 20.1. The zero-order valence-corrected chi connectivity index (χ0v) is 16.8. The number of nitrogens with zero attached hydrogens (tertiary/aromatic N) is 4. The van der Waals surface area contributed by atoms with Gasteiger partial charge in [0.2, 0.25) is 0 Å². The Hall–Kier alpha value is -3.19. The highest BCUT2D eigenvalue weighted by molar-refractivity contribution is 5.80. The molecule has 3 aromatic rings. The smallest absolute Gasteiger partial charge is 0.194 e. The van der Waals surface area contributed by atoms with Crippen LogP contribution in [0, 0.1) is 6.92 Å². The molecule has 7 nitrogen and oxygen atoms in total. The molecule has 0 amide bonds. The van der Waals surface area contributed by atoms with Gasteiger partial charge in [0.25, 0.3) is 0 Å². The quantitative estimate of drug-likeness (QED) is 0.529. The average Bonchev–Trinajstić information content (AvgIpc) is 3.30. The number of aromatic amines is 1. The number of hydrogen-bond donors (Lipinski definition) is 2. The lowest BCUT2D eigenvalue weighted by Gasteiger charge is -2.35. The molecule has 1 aliphatic rings. The fraction of sp³-hybridized carbons (Fsp3) is 0.318. The van der Waals surface area contributed by atoms with Crippen LogP contribution >= 0.6 is 0 Å². The van der Waals surface area contributed by atoms with Crippen molar-refractivity contribution >= 4 is 5.96 Å². The van der Waals surface area contributed by atoms with Crippen molar-refractivity contribution < 1.29 is 4.74 Å². The molecule has 2 heterocycles. The number of ether oxygens (including phenoxy) is 1. The van der Waals surface area contributed by atoms with Gasteiger partial charge in [0.15, 0.2) is 11.8 Å². The second kappa shape index (κ2) is 8.87. The van der Waals surface area contributed by atoms with Crippen LogP contribution in [0.3, 0.4) is 0 Å². The van der Waals surface area contributed by atoms with E-state index in [1.165, 1.54) is 17.5 Å². The molecule has 1 atom stereocenters. The molecule has 0 saturated carbocycles. The topological polar surface area (TPSA) is 78.4 Å². The number of nitrogens with one attached hydrogen (secondary N) is 2. The van der Waals surface area contributed by atoms with Crippen LogP contribution in [0.4, 0.5) is 0 Å². The second-order valence-corrected chi connectivity index (χ2v) is 7.10. The minimum Gasteiger partial charge on any atom is -0.370 e. The molecule has 0 aliphatic carbocycles. The largest absolute Gasteiger partial charge is 0.370 e. The lowest BCUT2D eigenvalue weighted by Crippen LogP contribution is -2.48. The molecule has 2 N–H and O–H groups in total. The summed E-state index contributed by atoms with van der Waals surface area (Å²) in [5.41, 5.74) is 4.67. The third kappa shape index (κ3) is 4.46. The Bertz CT molecular complexity index is 969. The van der Waals surface area contributed by atoms with Crippen molar-refractivity contribution in [3.05, 3.63) is 71.5 Å². The summed E-state index contributed by atoms with van der Waals surface area (Å²) in [4.78, 5) is 11.0. The second-order valence-electron chi connectivity index (χ2n) is 7.10. The molecule has 150 valence electrons. The van der Waals surface area contributed by atoms with E-state index < -0.39 is 0 Å². The van der Waals surface area contributed by atoms with E-state index in [1.807, 2.05) is 19.2 Å². The number of aromatic nitrogens is 3. The number of hydrogen-bond acceptors (Lipinski definition) is 4. The number of aryl methyl sites for hydroxylation is 1. The molecule has 1 aromatic heterocycles. The molecule has 1 fully saturated rings. The number of benzene rings is 2. The highest BCUT2D eigenvalue weighted by atomic mass is 16.5.